The summed E-state index contributed by atoms with van der Waals surface area (Å²) in [7, 11) is 0. The number of nitrogens with one attached hydrogen (secondary N) is 1. The molecule has 0 saturated carbocycles. The lowest BCUT2D eigenvalue weighted by molar-refractivity contribution is -0.120. The molecule has 1 N–H and O–H groups in total. The number of hydrogen-bond donors (Lipinski definition) is 1. The maximum atomic E-state index is 12.1. The summed E-state index contributed by atoms with van der Waals surface area (Å²) in [6.07, 6.45) is 1.18. The van der Waals surface area contributed by atoms with Gasteiger partial charge in [-0.3, -0.25) is 4.79 Å². The highest BCUT2D eigenvalue weighted by Crippen LogP contribution is 2.23. The van der Waals surface area contributed by atoms with Gasteiger partial charge in [0.1, 0.15) is 5.01 Å². The molecule has 0 aliphatic heterocycles. The van der Waals surface area contributed by atoms with Crippen molar-refractivity contribution in [1.82, 2.24) is 10.3 Å². The van der Waals surface area contributed by atoms with Crippen LogP contribution in [0.3, 0.4) is 0 Å². The van der Waals surface area contributed by atoms with Crippen LogP contribution in [0.15, 0.2) is 60.0 Å². The topological polar surface area (TPSA) is 42.0 Å². The molecule has 4 heteroatoms. The van der Waals surface area contributed by atoms with Crippen molar-refractivity contribution in [2.45, 2.75) is 19.8 Å². The first-order chi connectivity index (χ1) is 11.7. The third kappa shape index (κ3) is 4.52. The normalized spacial score (nSPS) is 10.5. The number of carbonyl (C=O) groups is 1. The minimum atomic E-state index is 0.0209. The zero-order chi connectivity index (χ0) is 16.8. The molecule has 0 saturated heterocycles. The fourth-order valence-electron chi connectivity index (χ4n) is 2.54. The van der Waals surface area contributed by atoms with Crippen molar-refractivity contribution < 1.29 is 4.79 Å². The van der Waals surface area contributed by atoms with Crippen LogP contribution in [0, 0.1) is 6.92 Å². The highest BCUT2D eigenvalue weighted by atomic mass is 32.1. The van der Waals surface area contributed by atoms with E-state index in [0.29, 0.717) is 13.0 Å². The van der Waals surface area contributed by atoms with Crippen LogP contribution >= 0.6 is 11.3 Å². The van der Waals surface area contributed by atoms with Crippen LogP contribution in [-0.2, 0) is 17.6 Å². The second-order valence-electron chi connectivity index (χ2n) is 5.78. The molecule has 0 aliphatic rings. The average Bonchev–Trinajstić information content (AvgIpc) is 3.04. The van der Waals surface area contributed by atoms with Crippen molar-refractivity contribution >= 4 is 17.2 Å². The molecule has 3 aromatic rings. The molecule has 0 spiro atoms. The van der Waals surface area contributed by atoms with Crippen LogP contribution in [-0.4, -0.2) is 17.4 Å². The van der Waals surface area contributed by atoms with Gasteiger partial charge < -0.3 is 5.32 Å². The van der Waals surface area contributed by atoms with Crippen molar-refractivity contribution in [3.63, 3.8) is 0 Å². The van der Waals surface area contributed by atoms with E-state index in [2.05, 4.69) is 35.4 Å². The smallest absolute Gasteiger partial charge is 0.226 e. The molecule has 3 rings (SSSR count). The third-order valence-corrected chi connectivity index (χ3v) is 4.67. The molecule has 1 amide bonds. The van der Waals surface area contributed by atoms with Crippen LogP contribution in [0.25, 0.3) is 10.6 Å². The fraction of sp³-hybridized carbons (Fsp3) is 0.200. The number of nitrogens with zero attached hydrogens (tertiary/aromatic N) is 1. The Morgan fingerprint density at radius 2 is 1.96 bits per heavy atom. The number of benzene rings is 2. The number of hydrogen-bond acceptors (Lipinski definition) is 3. The summed E-state index contributed by atoms with van der Waals surface area (Å²) in [5.41, 5.74) is 4.41. The standard InChI is InChI=1S/C20H20N2OS/c1-15-6-5-7-16(12-15)10-11-21-19(23)13-18-14-24-20(22-18)17-8-3-2-4-9-17/h2-9,12,14H,10-11,13H2,1H3,(H,21,23). The van der Waals surface area contributed by atoms with Crippen LogP contribution < -0.4 is 5.32 Å². The predicted molar refractivity (Wildman–Crippen MR) is 99.1 cm³/mol. The molecule has 0 radical (unpaired) electrons. The van der Waals surface area contributed by atoms with Crippen molar-refractivity contribution in [2.24, 2.45) is 0 Å². The number of amides is 1. The Balaban J connectivity index is 1.49. The second-order valence-corrected chi connectivity index (χ2v) is 6.63. The Labute approximate surface area is 146 Å². The largest absolute Gasteiger partial charge is 0.355 e. The lowest BCUT2D eigenvalue weighted by Gasteiger charge is -2.05. The van der Waals surface area contributed by atoms with Gasteiger partial charge in [-0.2, -0.15) is 0 Å². The SMILES string of the molecule is Cc1cccc(CCNC(=O)Cc2csc(-c3ccccc3)n2)c1. The van der Waals surface area contributed by atoms with Gasteiger partial charge in [0.05, 0.1) is 12.1 Å². The Morgan fingerprint density at radius 1 is 1.12 bits per heavy atom. The highest BCUT2D eigenvalue weighted by Gasteiger charge is 2.08. The Kier molecular flexibility index (Phi) is 5.39. The van der Waals surface area contributed by atoms with Crippen LogP contribution in [0.2, 0.25) is 0 Å². The Hall–Kier alpha value is -2.46. The van der Waals surface area contributed by atoms with E-state index in [1.165, 1.54) is 11.1 Å². The number of aromatic nitrogens is 1. The number of rotatable bonds is 6. The zero-order valence-corrected chi connectivity index (χ0v) is 14.5. The van der Waals surface area contributed by atoms with E-state index < -0.39 is 0 Å². The van der Waals surface area contributed by atoms with E-state index in [1.54, 1.807) is 11.3 Å². The summed E-state index contributed by atoms with van der Waals surface area (Å²) >= 11 is 1.58. The number of thiazole rings is 1. The van der Waals surface area contributed by atoms with Crippen LogP contribution in [0.5, 0.6) is 0 Å². The first kappa shape index (κ1) is 16.4. The van der Waals surface area contributed by atoms with Gasteiger partial charge in [0.25, 0.3) is 0 Å². The minimum absolute atomic E-state index is 0.0209. The van der Waals surface area contributed by atoms with E-state index in [1.807, 2.05) is 41.8 Å². The van der Waals surface area contributed by atoms with Crippen molar-refractivity contribution in [3.05, 3.63) is 76.8 Å². The van der Waals surface area contributed by atoms with Crippen molar-refractivity contribution in [3.8, 4) is 10.6 Å². The van der Waals surface area contributed by atoms with Gasteiger partial charge in [0.15, 0.2) is 0 Å². The molecule has 1 heterocycles. The van der Waals surface area contributed by atoms with Gasteiger partial charge in [-0.05, 0) is 18.9 Å². The third-order valence-electron chi connectivity index (χ3n) is 3.73. The predicted octanol–water partition coefficient (Wildman–Crippen LogP) is 4.02. The fourth-order valence-corrected chi connectivity index (χ4v) is 3.37. The lowest BCUT2D eigenvalue weighted by atomic mass is 10.1. The van der Waals surface area contributed by atoms with E-state index in [4.69, 9.17) is 0 Å². The molecular formula is C20H20N2OS. The molecule has 0 unspecified atom stereocenters. The summed E-state index contributed by atoms with van der Waals surface area (Å²) < 4.78 is 0. The average molecular weight is 336 g/mol. The molecule has 0 bridgehead atoms. The lowest BCUT2D eigenvalue weighted by Crippen LogP contribution is -2.27. The van der Waals surface area contributed by atoms with E-state index >= 15 is 0 Å². The van der Waals surface area contributed by atoms with E-state index in [-0.39, 0.29) is 5.91 Å². The summed E-state index contributed by atoms with van der Waals surface area (Å²) in [5, 5.41) is 5.89. The van der Waals surface area contributed by atoms with Gasteiger partial charge in [-0.25, -0.2) is 4.98 Å². The van der Waals surface area contributed by atoms with Gasteiger partial charge >= 0.3 is 0 Å². The highest BCUT2D eigenvalue weighted by molar-refractivity contribution is 7.13. The summed E-state index contributed by atoms with van der Waals surface area (Å²) in [4.78, 5) is 16.6. The molecule has 0 fully saturated rings. The first-order valence-electron chi connectivity index (χ1n) is 8.03. The van der Waals surface area contributed by atoms with Gasteiger partial charge in [0.2, 0.25) is 5.91 Å². The monoisotopic (exact) mass is 336 g/mol. The maximum Gasteiger partial charge on any atom is 0.226 e. The molecule has 0 aliphatic carbocycles. The quantitative estimate of drug-likeness (QED) is 0.739. The van der Waals surface area contributed by atoms with Gasteiger partial charge in [-0.1, -0.05) is 60.2 Å². The molecule has 122 valence electrons. The minimum Gasteiger partial charge on any atom is -0.355 e. The molecule has 1 aromatic heterocycles. The summed E-state index contributed by atoms with van der Waals surface area (Å²) in [6, 6.07) is 18.4. The van der Waals surface area contributed by atoms with Gasteiger partial charge in [-0.15, -0.1) is 11.3 Å². The number of carbonyl (C=O) groups excluding carboxylic acids is 1. The van der Waals surface area contributed by atoms with E-state index in [9.17, 15) is 4.79 Å². The Morgan fingerprint density at radius 3 is 2.75 bits per heavy atom. The number of aryl methyl sites for hydroxylation is 1. The molecule has 2 aromatic carbocycles. The molecule has 3 nitrogen and oxygen atoms in total. The Bertz CT molecular complexity index is 811. The summed E-state index contributed by atoms with van der Waals surface area (Å²) in [6.45, 7) is 2.73. The van der Waals surface area contributed by atoms with Crippen molar-refractivity contribution in [1.29, 1.82) is 0 Å². The zero-order valence-electron chi connectivity index (χ0n) is 13.7. The molecule has 24 heavy (non-hydrogen) atoms. The van der Waals surface area contributed by atoms with Crippen molar-refractivity contribution in [2.75, 3.05) is 6.54 Å². The molecular weight excluding hydrogens is 316 g/mol. The first-order valence-corrected chi connectivity index (χ1v) is 8.91. The maximum absolute atomic E-state index is 12.1. The van der Waals surface area contributed by atoms with Crippen LogP contribution in [0.4, 0.5) is 0 Å². The van der Waals surface area contributed by atoms with Crippen LogP contribution in [0.1, 0.15) is 16.8 Å². The van der Waals surface area contributed by atoms with E-state index in [0.717, 1.165) is 22.7 Å². The van der Waals surface area contributed by atoms with Gasteiger partial charge in [0, 0.05) is 17.5 Å². The summed E-state index contributed by atoms with van der Waals surface area (Å²) in [5.74, 6) is 0.0209. The second kappa shape index (κ2) is 7.88. The molecule has 0 atom stereocenters.